The molecule has 0 atom stereocenters. The van der Waals surface area contributed by atoms with Gasteiger partial charge in [0.1, 0.15) is 5.01 Å². The van der Waals surface area contributed by atoms with Gasteiger partial charge in [0, 0.05) is 5.54 Å². The number of hydrogen-bond acceptors (Lipinski definition) is 4. The molecule has 0 fully saturated rings. The summed E-state index contributed by atoms with van der Waals surface area (Å²) in [6.45, 7) is 5.35. The number of rotatable bonds is 6. The highest BCUT2D eigenvalue weighted by Crippen LogP contribution is 2.22. The standard InChI is InChI=1S/C14H20N2OS/c1-3-14(15,4-2)10-17-9-13-16-11-7-5-6-8-12(11)18-13/h5-8H,3-4,9-10,15H2,1-2H3. The zero-order valence-electron chi connectivity index (χ0n) is 11.0. The number of para-hydroxylation sites is 1. The Kier molecular flexibility index (Phi) is 4.32. The summed E-state index contributed by atoms with van der Waals surface area (Å²) < 4.78 is 6.93. The molecule has 0 amide bonds. The van der Waals surface area contributed by atoms with Crippen LogP contribution in [0.1, 0.15) is 31.7 Å². The quantitative estimate of drug-likeness (QED) is 0.870. The zero-order chi connectivity index (χ0) is 13.0. The number of aromatic nitrogens is 1. The molecule has 0 aliphatic rings. The molecule has 2 N–H and O–H groups in total. The summed E-state index contributed by atoms with van der Waals surface area (Å²) in [6.07, 6.45) is 1.87. The van der Waals surface area contributed by atoms with Gasteiger partial charge in [0.05, 0.1) is 23.4 Å². The Morgan fingerprint density at radius 1 is 1.28 bits per heavy atom. The molecule has 4 heteroatoms. The Labute approximate surface area is 112 Å². The molecular formula is C14H20N2OS. The number of fused-ring (bicyclic) bond motifs is 1. The highest BCUT2D eigenvalue weighted by molar-refractivity contribution is 7.18. The highest BCUT2D eigenvalue weighted by atomic mass is 32.1. The molecule has 0 aliphatic heterocycles. The van der Waals surface area contributed by atoms with Crippen LogP contribution < -0.4 is 5.73 Å². The molecule has 2 rings (SSSR count). The second kappa shape index (κ2) is 5.78. The molecule has 0 saturated heterocycles. The van der Waals surface area contributed by atoms with E-state index in [9.17, 15) is 0 Å². The second-order valence-electron chi connectivity index (χ2n) is 4.64. The van der Waals surface area contributed by atoms with Gasteiger partial charge in [-0.1, -0.05) is 26.0 Å². The first-order chi connectivity index (χ1) is 8.67. The van der Waals surface area contributed by atoms with Crippen LogP contribution in [0.5, 0.6) is 0 Å². The van der Waals surface area contributed by atoms with Crippen LogP contribution >= 0.6 is 11.3 Å². The molecule has 1 aromatic heterocycles. The van der Waals surface area contributed by atoms with Crippen LogP contribution in [0.15, 0.2) is 24.3 Å². The summed E-state index contributed by atoms with van der Waals surface area (Å²) in [7, 11) is 0. The van der Waals surface area contributed by atoms with E-state index in [0.29, 0.717) is 13.2 Å². The molecule has 1 aromatic carbocycles. The van der Waals surface area contributed by atoms with E-state index >= 15 is 0 Å². The van der Waals surface area contributed by atoms with Crippen molar-refractivity contribution in [3.8, 4) is 0 Å². The SMILES string of the molecule is CCC(N)(CC)COCc1nc2ccccc2s1. The van der Waals surface area contributed by atoms with E-state index < -0.39 is 0 Å². The van der Waals surface area contributed by atoms with Gasteiger partial charge in [0.25, 0.3) is 0 Å². The third kappa shape index (κ3) is 3.07. The first kappa shape index (κ1) is 13.5. The van der Waals surface area contributed by atoms with Gasteiger partial charge < -0.3 is 10.5 Å². The summed E-state index contributed by atoms with van der Waals surface area (Å²) in [5, 5.41) is 1.02. The van der Waals surface area contributed by atoms with Crippen molar-refractivity contribution in [2.75, 3.05) is 6.61 Å². The molecule has 98 valence electrons. The van der Waals surface area contributed by atoms with Gasteiger partial charge in [-0.15, -0.1) is 11.3 Å². The molecular weight excluding hydrogens is 244 g/mol. The summed E-state index contributed by atoms with van der Waals surface area (Å²) >= 11 is 1.69. The lowest BCUT2D eigenvalue weighted by Crippen LogP contribution is -2.43. The maximum absolute atomic E-state index is 6.19. The van der Waals surface area contributed by atoms with Crippen LogP contribution in [0.25, 0.3) is 10.2 Å². The Balaban J connectivity index is 1.94. The number of ether oxygens (including phenoxy) is 1. The minimum atomic E-state index is -0.198. The van der Waals surface area contributed by atoms with E-state index in [1.54, 1.807) is 11.3 Å². The van der Waals surface area contributed by atoms with Crippen LogP contribution in [-0.2, 0) is 11.3 Å². The molecule has 0 aliphatic carbocycles. The van der Waals surface area contributed by atoms with Crippen molar-refractivity contribution in [3.63, 3.8) is 0 Å². The van der Waals surface area contributed by atoms with E-state index in [1.807, 2.05) is 18.2 Å². The molecule has 1 heterocycles. The molecule has 0 bridgehead atoms. The average Bonchev–Trinajstić information content (AvgIpc) is 2.81. The van der Waals surface area contributed by atoms with Crippen LogP contribution in [0.2, 0.25) is 0 Å². The smallest absolute Gasteiger partial charge is 0.120 e. The van der Waals surface area contributed by atoms with Crippen molar-refractivity contribution in [2.45, 2.75) is 38.8 Å². The van der Waals surface area contributed by atoms with E-state index in [-0.39, 0.29) is 5.54 Å². The van der Waals surface area contributed by atoms with Gasteiger partial charge in [-0.05, 0) is 25.0 Å². The summed E-state index contributed by atoms with van der Waals surface area (Å²) in [6, 6.07) is 8.15. The van der Waals surface area contributed by atoms with E-state index in [1.165, 1.54) is 4.70 Å². The van der Waals surface area contributed by atoms with Gasteiger partial charge in [0.2, 0.25) is 0 Å². The Bertz CT molecular complexity index is 472. The zero-order valence-corrected chi connectivity index (χ0v) is 11.8. The molecule has 0 radical (unpaired) electrons. The van der Waals surface area contributed by atoms with Gasteiger partial charge in [-0.25, -0.2) is 4.98 Å². The number of nitrogens with zero attached hydrogens (tertiary/aromatic N) is 1. The number of nitrogens with two attached hydrogens (primary N) is 1. The lowest BCUT2D eigenvalue weighted by Gasteiger charge is -2.25. The van der Waals surface area contributed by atoms with Gasteiger partial charge in [-0.2, -0.15) is 0 Å². The maximum atomic E-state index is 6.19. The first-order valence-corrected chi connectivity index (χ1v) is 7.19. The summed E-state index contributed by atoms with van der Waals surface area (Å²) in [5.74, 6) is 0. The third-order valence-corrected chi connectivity index (χ3v) is 4.37. The molecule has 3 nitrogen and oxygen atoms in total. The number of hydrogen-bond donors (Lipinski definition) is 1. The van der Waals surface area contributed by atoms with Crippen LogP contribution in [0.4, 0.5) is 0 Å². The molecule has 18 heavy (non-hydrogen) atoms. The number of benzene rings is 1. The molecule has 0 saturated carbocycles. The van der Waals surface area contributed by atoms with Crippen molar-refractivity contribution >= 4 is 21.6 Å². The molecule has 0 unspecified atom stereocenters. The average molecular weight is 264 g/mol. The van der Waals surface area contributed by atoms with Gasteiger partial charge in [-0.3, -0.25) is 0 Å². The second-order valence-corrected chi connectivity index (χ2v) is 5.75. The largest absolute Gasteiger partial charge is 0.372 e. The minimum Gasteiger partial charge on any atom is -0.372 e. The maximum Gasteiger partial charge on any atom is 0.120 e. The normalized spacial score (nSPS) is 12.2. The number of thiazole rings is 1. The predicted molar refractivity (Wildman–Crippen MR) is 76.8 cm³/mol. The van der Waals surface area contributed by atoms with Gasteiger partial charge in [0.15, 0.2) is 0 Å². The van der Waals surface area contributed by atoms with Crippen molar-refractivity contribution < 1.29 is 4.74 Å². The summed E-state index contributed by atoms with van der Waals surface area (Å²) in [5.41, 5.74) is 7.04. The predicted octanol–water partition coefficient (Wildman–Crippen LogP) is 3.33. The van der Waals surface area contributed by atoms with E-state index in [2.05, 4.69) is 24.9 Å². The fourth-order valence-electron chi connectivity index (χ4n) is 1.78. The lowest BCUT2D eigenvalue weighted by atomic mass is 9.96. The van der Waals surface area contributed by atoms with Gasteiger partial charge >= 0.3 is 0 Å². The Morgan fingerprint density at radius 2 is 2.00 bits per heavy atom. The van der Waals surface area contributed by atoms with E-state index in [4.69, 9.17) is 10.5 Å². The Hall–Kier alpha value is -0.970. The lowest BCUT2D eigenvalue weighted by molar-refractivity contribution is 0.0696. The summed E-state index contributed by atoms with van der Waals surface area (Å²) in [4.78, 5) is 4.54. The van der Waals surface area contributed by atoms with Crippen LogP contribution in [-0.4, -0.2) is 17.1 Å². The molecule has 2 aromatic rings. The fraction of sp³-hybridized carbons (Fsp3) is 0.500. The van der Waals surface area contributed by atoms with Crippen molar-refractivity contribution in [2.24, 2.45) is 5.73 Å². The first-order valence-electron chi connectivity index (χ1n) is 6.38. The monoisotopic (exact) mass is 264 g/mol. The Morgan fingerprint density at radius 3 is 2.67 bits per heavy atom. The van der Waals surface area contributed by atoms with Crippen LogP contribution in [0.3, 0.4) is 0 Å². The molecule has 0 spiro atoms. The van der Waals surface area contributed by atoms with Crippen molar-refractivity contribution in [3.05, 3.63) is 29.3 Å². The topological polar surface area (TPSA) is 48.1 Å². The van der Waals surface area contributed by atoms with Crippen LogP contribution in [0, 0.1) is 0 Å². The fourth-order valence-corrected chi connectivity index (χ4v) is 2.68. The third-order valence-electron chi connectivity index (χ3n) is 3.36. The van der Waals surface area contributed by atoms with Crippen molar-refractivity contribution in [1.82, 2.24) is 4.98 Å². The van der Waals surface area contributed by atoms with E-state index in [0.717, 1.165) is 23.4 Å². The highest BCUT2D eigenvalue weighted by Gasteiger charge is 2.20. The minimum absolute atomic E-state index is 0.198. The van der Waals surface area contributed by atoms with Crippen molar-refractivity contribution in [1.29, 1.82) is 0 Å².